The molecule has 116 valence electrons. The molecule has 0 amide bonds. The lowest BCUT2D eigenvalue weighted by Crippen LogP contribution is -2.18. The predicted molar refractivity (Wildman–Crippen MR) is 83.3 cm³/mol. The summed E-state index contributed by atoms with van der Waals surface area (Å²) >= 11 is 5.06. The number of halogens is 1. The molecule has 1 atom stereocenters. The quantitative estimate of drug-likeness (QED) is 0.573. The van der Waals surface area contributed by atoms with Crippen molar-refractivity contribution in [2.75, 3.05) is 53.3 Å². The van der Waals surface area contributed by atoms with E-state index in [2.05, 4.69) is 15.9 Å². The van der Waals surface area contributed by atoms with Crippen LogP contribution in [0.15, 0.2) is 15.9 Å². The van der Waals surface area contributed by atoms with Crippen LogP contribution in [0, 0.1) is 0 Å². The second-order valence-electron chi connectivity index (χ2n) is 3.98. The molecule has 0 aliphatic rings. The number of thiophene rings is 1. The third-order valence-electron chi connectivity index (χ3n) is 2.47. The molecule has 2 N–H and O–H groups in total. The Morgan fingerprint density at radius 3 is 2.35 bits per heavy atom. The summed E-state index contributed by atoms with van der Waals surface area (Å²) in [4.78, 5) is 1.13. The molecule has 5 nitrogen and oxygen atoms in total. The average molecular weight is 368 g/mol. The van der Waals surface area contributed by atoms with Crippen LogP contribution in [0.1, 0.15) is 11.0 Å². The van der Waals surface area contributed by atoms with Gasteiger partial charge in [-0.25, -0.2) is 0 Å². The minimum atomic E-state index is -0.0622. The summed E-state index contributed by atoms with van der Waals surface area (Å²) < 4.78 is 22.3. The van der Waals surface area contributed by atoms with E-state index < -0.39 is 0 Å². The Morgan fingerprint density at radius 1 is 1.15 bits per heavy atom. The van der Waals surface area contributed by atoms with Crippen molar-refractivity contribution in [3.8, 4) is 0 Å². The molecule has 0 aliphatic carbocycles. The molecule has 7 heteroatoms. The van der Waals surface area contributed by atoms with E-state index in [0.29, 0.717) is 46.2 Å². The number of methoxy groups -OCH3 is 1. The highest BCUT2D eigenvalue weighted by Crippen LogP contribution is 2.27. The van der Waals surface area contributed by atoms with Gasteiger partial charge in [0.1, 0.15) is 6.10 Å². The van der Waals surface area contributed by atoms with E-state index >= 15 is 0 Å². The molecular formula is C13H22BrNO4S. The minimum Gasteiger partial charge on any atom is -0.382 e. The fourth-order valence-electron chi connectivity index (χ4n) is 1.48. The van der Waals surface area contributed by atoms with Crippen molar-refractivity contribution >= 4 is 27.3 Å². The van der Waals surface area contributed by atoms with Gasteiger partial charge in [-0.3, -0.25) is 0 Å². The first-order valence-electron chi connectivity index (χ1n) is 6.48. The summed E-state index contributed by atoms with van der Waals surface area (Å²) in [6, 6.07) is 2.03. The average Bonchev–Trinajstić information content (AvgIpc) is 2.87. The van der Waals surface area contributed by atoms with Gasteiger partial charge in [-0.15, -0.1) is 11.3 Å². The number of hydrogen-bond acceptors (Lipinski definition) is 6. The molecule has 0 bridgehead atoms. The highest BCUT2D eigenvalue weighted by Gasteiger charge is 2.12. The molecular weight excluding hydrogens is 346 g/mol. The fraction of sp³-hybridized carbons (Fsp3) is 0.692. The van der Waals surface area contributed by atoms with E-state index in [9.17, 15) is 0 Å². The van der Waals surface area contributed by atoms with Gasteiger partial charge in [-0.2, -0.15) is 0 Å². The van der Waals surface area contributed by atoms with E-state index in [1.807, 2.05) is 11.4 Å². The second-order valence-corrected chi connectivity index (χ2v) is 5.84. The fourth-order valence-corrected chi connectivity index (χ4v) is 2.98. The van der Waals surface area contributed by atoms with Crippen molar-refractivity contribution in [3.63, 3.8) is 0 Å². The molecule has 1 heterocycles. The zero-order valence-electron chi connectivity index (χ0n) is 11.7. The first-order valence-corrected chi connectivity index (χ1v) is 8.15. The van der Waals surface area contributed by atoms with Crippen LogP contribution < -0.4 is 5.73 Å². The van der Waals surface area contributed by atoms with Gasteiger partial charge in [-0.1, -0.05) is 0 Å². The highest BCUT2D eigenvalue weighted by atomic mass is 79.9. The normalized spacial score (nSPS) is 12.8. The Labute approximate surface area is 132 Å². The van der Waals surface area contributed by atoms with E-state index in [-0.39, 0.29) is 6.10 Å². The summed E-state index contributed by atoms with van der Waals surface area (Å²) in [5, 5.41) is 2.02. The SMILES string of the molecule is COCCOCCOCCOC(CN)c1cc(Br)cs1. The third kappa shape index (κ3) is 7.68. The van der Waals surface area contributed by atoms with E-state index in [1.54, 1.807) is 18.4 Å². The summed E-state index contributed by atoms with van der Waals surface area (Å²) in [6.45, 7) is 3.86. The zero-order chi connectivity index (χ0) is 14.6. The van der Waals surface area contributed by atoms with Crippen molar-refractivity contribution in [2.45, 2.75) is 6.10 Å². The molecule has 0 spiro atoms. The van der Waals surface area contributed by atoms with Crippen LogP contribution in [0.5, 0.6) is 0 Å². The molecule has 0 saturated heterocycles. The molecule has 1 rings (SSSR count). The standard InChI is InChI=1S/C13H22BrNO4S/c1-16-2-3-17-4-5-18-6-7-19-12(9-15)13-8-11(14)10-20-13/h8,10,12H,2-7,9,15H2,1H3. The van der Waals surface area contributed by atoms with Gasteiger partial charge in [0.15, 0.2) is 0 Å². The minimum absolute atomic E-state index is 0.0622. The van der Waals surface area contributed by atoms with Gasteiger partial charge < -0.3 is 24.7 Å². The molecule has 0 fully saturated rings. The van der Waals surface area contributed by atoms with Crippen LogP contribution >= 0.6 is 27.3 Å². The van der Waals surface area contributed by atoms with Gasteiger partial charge in [0.25, 0.3) is 0 Å². The number of hydrogen-bond donors (Lipinski definition) is 1. The molecule has 0 saturated carbocycles. The topological polar surface area (TPSA) is 62.9 Å². The molecule has 0 radical (unpaired) electrons. The Kier molecular flexibility index (Phi) is 10.5. The van der Waals surface area contributed by atoms with Crippen LogP contribution in [0.4, 0.5) is 0 Å². The lowest BCUT2D eigenvalue weighted by Gasteiger charge is -2.14. The molecule has 1 unspecified atom stereocenters. The number of nitrogens with two attached hydrogens (primary N) is 1. The van der Waals surface area contributed by atoms with Crippen molar-refractivity contribution in [1.82, 2.24) is 0 Å². The van der Waals surface area contributed by atoms with Gasteiger partial charge in [0.2, 0.25) is 0 Å². The third-order valence-corrected chi connectivity index (χ3v) is 4.26. The van der Waals surface area contributed by atoms with Gasteiger partial charge in [0.05, 0.1) is 39.6 Å². The largest absolute Gasteiger partial charge is 0.382 e. The van der Waals surface area contributed by atoms with Gasteiger partial charge >= 0.3 is 0 Å². The Morgan fingerprint density at radius 2 is 1.80 bits per heavy atom. The Bertz CT molecular complexity index is 351. The van der Waals surface area contributed by atoms with Gasteiger partial charge in [-0.05, 0) is 22.0 Å². The summed E-state index contributed by atoms with van der Waals surface area (Å²) in [5.74, 6) is 0. The van der Waals surface area contributed by atoms with Crippen molar-refractivity contribution < 1.29 is 18.9 Å². The first-order chi connectivity index (χ1) is 9.77. The highest BCUT2D eigenvalue weighted by molar-refractivity contribution is 9.10. The number of ether oxygens (including phenoxy) is 4. The second kappa shape index (κ2) is 11.6. The smallest absolute Gasteiger partial charge is 0.104 e. The van der Waals surface area contributed by atoms with Crippen molar-refractivity contribution in [3.05, 3.63) is 20.8 Å². The van der Waals surface area contributed by atoms with Crippen LogP contribution in [0.2, 0.25) is 0 Å². The Balaban J connectivity index is 2.02. The molecule has 20 heavy (non-hydrogen) atoms. The predicted octanol–water partition coefficient (Wildman–Crippen LogP) is 2.21. The lowest BCUT2D eigenvalue weighted by molar-refractivity contribution is -0.0139. The van der Waals surface area contributed by atoms with Crippen LogP contribution in [-0.4, -0.2) is 53.3 Å². The monoisotopic (exact) mass is 367 g/mol. The Hall–Kier alpha value is -0.0200. The van der Waals surface area contributed by atoms with Crippen LogP contribution in [0.3, 0.4) is 0 Å². The number of rotatable bonds is 12. The van der Waals surface area contributed by atoms with E-state index in [1.165, 1.54) is 0 Å². The molecule has 0 aromatic carbocycles. The van der Waals surface area contributed by atoms with Crippen molar-refractivity contribution in [2.24, 2.45) is 5.73 Å². The van der Waals surface area contributed by atoms with E-state index in [0.717, 1.165) is 9.35 Å². The maximum atomic E-state index is 5.72. The van der Waals surface area contributed by atoms with Crippen LogP contribution in [-0.2, 0) is 18.9 Å². The van der Waals surface area contributed by atoms with Crippen LogP contribution in [0.25, 0.3) is 0 Å². The van der Waals surface area contributed by atoms with Gasteiger partial charge in [0, 0.05) is 28.4 Å². The maximum Gasteiger partial charge on any atom is 0.104 e. The summed E-state index contributed by atoms with van der Waals surface area (Å²) in [6.07, 6.45) is -0.0622. The zero-order valence-corrected chi connectivity index (χ0v) is 14.1. The molecule has 1 aromatic heterocycles. The molecule has 0 aliphatic heterocycles. The molecule has 1 aromatic rings. The van der Waals surface area contributed by atoms with E-state index in [4.69, 9.17) is 24.7 Å². The van der Waals surface area contributed by atoms with Crippen molar-refractivity contribution in [1.29, 1.82) is 0 Å². The maximum absolute atomic E-state index is 5.72. The first kappa shape index (κ1) is 18.0. The summed E-state index contributed by atoms with van der Waals surface area (Å²) in [7, 11) is 1.65. The summed E-state index contributed by atoms with van der Waals surface area (Å²) in [5.41, 5.74) is 5.72. The lowest BCUT2D eigenvalue weighted by atomic mass is 10.3.